The van der Waals surface area contributed by atoms with Gasteiger partial charge in [-0.15, -0.1) is 0 Å². The predicted octanol–water partition coefficient (Wildman–Crippen LogP) is 0.172. The molecule has 2 N–H and O–H groups in total. The first-order valence-electron chi connectivity index (χ1n) is 6.08. The van der Waals surface area contributed by atoms with E-state index in [1.54, 1.807) is 0 Å². The molecular weight excluding hydrogens is 216 g/mol. The molecule has 0 aliphatic carbocycles. The van der Waals surface area contributed by atoms with Gasteiger partial charge in [0.25, 0.3) is 0 Å². The van der Waals surface area contributed by atoms with E-state index in [2.05, 4.69) is 11.0 Å². The summed E-state index contributed by atoms with van der Waals surface area (Å²) in [5.41, 5.74) is 5.41. The molecule has 17 heavy (non-hydrogen) atoms. The van der Waals surface area contributed by atoms with E-state index in [9.17, 15) is 4.79 Å². The first kappa shape index (κ1) is 13.9. The van der Waals surface area contributed by atoms with E-state index in [0.29, 0.717) is 12.8 Å². The Kier molecular flexibility index (Phi) is 4.91. The van der Waals surface area contributed by atoms with Gasteiger partial charge in [-0.1, -0.05) is 0 Å². The molecule has 1 fully saturated rings. The van der Waals surface area contributed by atoms with Crippen LogP contribution in [0.5, 0.6) is 0 Å². The fourth-order valence-electron chi connectivity index (χ4n) is 1.93. The van der Waals surface area contributed by atoms with Crippen LogP contribution in [0.2, 0.25) is 0 Å². The van der Waals surface area contributed by atoms with Gasteiger partial charge in [0.05, 0.1) is 6.07 Å². The van der Waals surface area contributed by atoms with Crippen LogP contribution in [-0.4, -0.2) is 54.0 Å². The molecule has 0 atom stereocenters. The summed E-state index contributed by atoms with van der Waals surface area (Å²) in [6, 6.07) is 2.14. The highest BCUT2D eigenvalue weighted by Gasteiger charge is 2.24. The number of carbonyl (C=O) groups is 1. The molecule has 0 saturated carbocycles. The second-order valence-corrected chi connectivity index (χ2v) is 5.30. The van der Waals surface area contributed by atoms with Crippen molar-refractivity contribution >= 4 is 5.91 Å². The zero-order chi connectivity index (χ0) is 12.9. The van der Waals surface area contributed by atoms with Gasteiger partial charge in [0, 0.05) is 51.1 Å². The number of nitriles is 1. The lowest BCUT2D eigenvalue weighted by atomic mass is 10.0. The third-order valence-corrected chi connectivity index (χ3v) is 2.87. The number of amides is 1. The van der Waals surface area contributed by atoms with Crippen LogP contribution in [0.3, 0.4) is 0 Å². The van der Waals surface area contributed by atoms with Crippen molar-refractivity contribution in [1.29, 1.82) is 5.26 Å². The van der Waals surface area contributed by atoms with E-state index >= 15 is 0 Å². The van der Waals surface area contributed by atoms with Crippen LogP contribution in [0.4, 0.5) is 0 Å². The van der Waals surface area contributed by atoms with Crippen LogP contribution in [0, 0.1) is 11.3 Å². The zero-order valence-corrected chi connectivity index (χ0v) is 10.8. The SMILES string of the molecule is CC(C)(N)CC(=O)N1CCN(CCC#N)CC1. The third kappa shape index (κ3) is 5.16. The van der Waals surface area contributed by atoms with Crippen molar-refractivity contribution in [1.82, 2.24) is 9.80 Å². The molecule has 1 aliphatic rings. The Morgan fingerprint density at radius 2 is 1.94 bits per heavy atom. The first-order chi connectivity index (χ1) is 7.92. The van der Waals surface area contributed by atoms with E-state index in [4.69, 9.17) is 11.0 Å². The van der Waals surface area contributed by atoms with Gasteiger partial charge in [0.15, 0.2) is 0 Å². The Morgan fingerprint density at radius 3 is 2.41 bits per heavy atom. The van der Waals surface area contributed by atoms with Crippen molar-refractivity contribution < 1.29 is 4.79 Å². The molecule has 0 aromatic rings. The molecule has 0 radical (unpaired) electrons. The molecular formula is C12H22N4O. The van der Waals surface area contributed by atoms with Gasteiger partial charge in [-0.25, -0.2) is 0 Å². The standard InChI is InChI=1S/C12H22N4O/c1-12(2,14)10-11(17)16-8-6-15(7-9-16)5-3-4-13/h3,5-10,14H2,1-2H3. The largest absolute Gasteiger partial charge is 0.340 e. The van der Waals surface area contributed by atoms with Crippen molar-refractivity contribution in [3.05, 3.63) is 0 Å². The quantitative estimate of drug-likeness (QED) is 0.758. The third-order valence-electron chi connectivity index (χ3n) is 2.87. The Labute approximate surface area is 103 Å². The molecule has 5 nitrogen and oxygen atoms in total. The number of nitrogens with two attached hydrogens (primary N) is 1. The monoisotopic (exact) mass is 238 g/mol. The van der Waals surface area contributed by atoms with Crippen LogP contribution in [0.1, 0.15) is 26.7 Å². The summed E-state index contributed by atoms with van der Waals surface area (Å²) in [5, 5.41) is 8.51. The fraction of sp³-hybridized carbons (Fsp3) is 0.833. The minimum Gasteiger partial charge on any atom is -0.340 e. The van der Waals surface area contributed by atoms with E-state index in [1.165, 1.54) is 0 Å². The summed E-state index contributed by atoms with van der Waals surface area (Å²) in [6.45, 7) is 7.76. The molecule has 96 valence electrons. The maximum atomic E-state index is 11.9. The number of carbonyl (C=O) groups excluding carboxylic acids is 1. The van der Waals surface area contributed by atoms with Crippen molar-refractivity contribution in [2.75, 3.05) is 32.7 Å². The Balaban J connectivity index is 2.32. The van der Waals surface area contributed by atoms with Crippen LogP contribution in [0.25, 0.3) is 0 Å². The molecule has 0 aromatic heterocycles. The molecule has 5 heteroatoms. The summed E-state index contributed by atoms with van der Waals surface area (Å²) < 4.78 is 0. The molecule has 0 unspecified atom stereocenters. The van der Waals surface area contributed by atoms with E-state index in [-0.39, 0.29) is 5.91 Å². The summed E-state index contributed by atoms with van der Waals surface area (Å²) in [5.74, 6) is 0.137. The van der Waals surface area contributed by atoms with E-state index in [1.807, 2.05) is 18.7 Å². The van der Waals surface area contributed by atoms with Gasteiger partial charge in [-0.2, -0.15) is 5.26 Å². The number of hydrogen-bond donors (Lipinski definition) is 1. The number of rotatable bonds is 4. The van der Waals surface area contributed by atoms with Gasteiger partial charge in [0.2, 0.25) is 5.91 Å². The molecule has 1 amide bonds. The normalized spacial score (nSPS) is 17.9. The molecule has 0 bridgehead atoms. The number of hydrogen-bond acceptors (Lipinski definition) is 4. The minimum atomic E-state index is -0.435. The summed E-state index contributed by atoms with van der Waals surface area (Å²) in [7, 11) is 0. The number of nitrogens with zero attached hydrogens (tertiary/aromatic N) is 3. The molecule has 0 aromatic carbocycles. The van der Waals surface area contributed by atoms with Crippen LogP contribution >= 0.6 is 0 Å². The molecule has 0 spiro atoms. The van der Waals surface area contributed by atoms with Gasteiger partial charge in [0.1, 0.15) is 0 Å². The molecule has 1 saturated heterocycles. The van der Waals surface area contributed by atoms with Gasteiger partial charge < -0.3 is 10.6 Å². The van der Waals surface area contributed by atoms with Crippen LogP contribution < -0.4 is 5.73 Å². The lowest BCUT2D eigenvalue weighted by Gasteiger charge is -2.35. The zero-order valence-electron chi connectivity index (χ0n) is 10.8. The Hall–Kier alpha value is -1.12. The van der Waals surface area contributed by atoms with Crippen molar-refractivity contribution in [2.24, 2.45) is 5.73 Å². The summed E-state index contributed by atoms with van der Waals surface area (Å²) in [6.07, 6.45) is 0.953. The second-order valence-electron chi connectivity index (χ2n) is 5.30. The highest BCUT2D eigenvalue weighted by Crippen LogP contribution is 2.10. The lowest BCUT2D eigenvalue weighted by Crippen LogP contribution is -2.50. The van der Waals surface area contributed by atoms with Crippen molar-refractivity contribution in [3.63, 3.8) is 0 Å². The smallest absolute Gasteiger partial charge is 0.224 e. The maximum absolute atomic E-state index is 11.9. The molecule has 1 rings (SSSR count). The van der Waals surface area contributed by atoms with Gasteiger partial charge >= 0.3 is 0 Å². The minimum absolute atomic E-state index is 0.137. The highest BCUT2D eigenvalue weighted by molar-refractivity contribution is 5.77. The van der Waals surface area contributed by atoms with Crippen molar-refractivity contribution in [3.8, 4) is 6.07 Å². The average molecular weight is 238 g/mol. The lowest BCUT2D eigenvalue weighted by molar-refractivity contribution is -0.133. The fourth-order valence-corrected chi connectivity index (χ4v) is 1.93. The Morgan fingerprint density at radius 1 is 1.35 bits per heavy atom. The topological polar surface area (TPSA) is 73.4 Å². The van der Waals surface area contributed by atoms with Gasteiger partial charge in [-0.3, -0.25) is 9.69 Å². The summed E-state index contributed by atoms with van der Waals surface area (Å²) >= 11 is 0. The molecule has 1 heterocycles. The van der Waals surface area contributed by atoms with E-state index in [0.717, 1.165) is 32.7 Å². The van der Waals surface area contributed by atoms with Crippen molar-refractivity contribution in [2.45, 2.75) is 32.2 Å². The summed E-state index contributed by atoms with van der Waals surface area (Å²) in [4.78, 5) is 16.0. The average Bonchev–Trinajstić information content (AvgIpc) is 2.24. The molecule has 1 aliphatic heterocycles. The van der Waals surface area contributed by atoms with Crippen LogP contribution in [0.15, 0.2) is 0 Å². The first-order valence-corrected chi connectivity index (χ1v) is 6.08. The second kappa shape index (κ2) is 5.99. The van der Waals surface area contributed by atoms with Gasteiger partial charge in [-0.05, 0) is 13.8 Å². The van der Waals surface area contributed by atoms with E-state index < -0.39 is 5.54 Å². The predicted molar refractivity (Wildman–Crippen MR) is 66.1 cm³/mol. The maximum Gasteiger partial charge on any atom is 0.224 e. The van der Waals surface area contributed by atoms with Crippen LogP contribution in [-0.2, 0) is 4.79 Å². The Bertz CT molecular complexity index is 295. The highest BCUT2D eigenvalue weighted by atomic mass is 16.2. The number of piperazine rings is 1.